The monoisotopic (exact) mass is 400 g/mol. The van der Waals surface area contributed by atoms with Gasteiger partial charge < -0.3 is 10.2 Å². The molecule has 0 aliphatic heterocycles. The maximum absolute atomic E-state index is 13.1. The summed E-state index contributed by atoms with van der Waals surface area (Å²) in [5.41, 5.74) is 3.12. The summed E-state index contributed by atoms with van der Waals surface area (Å²) in [6.45, 7) is 2.74. The summed E-state index contributed by atoms with van der Waals surface area (Å²) in [6, 6.07) is 28.9. The Morgan fingerprint density at radius 1 is 0.767 bits per heavy atom. The van der Waals surface area contributed by atoms with Crippen LogP contribution in [0.15, 0.2) is 91.0 Å². The second-order valence-electron chi connectivity index (χ2n) is 7.37. The quantitative estimate of drug-likeness (QED) is 0.590. The van der Waals surface area contributed by atoms with Gasteiger partial charge in [-0.15, -0.1) is 0 Å². The van der Waals surface area contributed by atoms with Crippen molar-refractivity contribution >= 4 is 11.8 Å². The van der Waals surface area contributed by atoms with Gasteiger partial charge in [-0.1, -0.05) is 91.0 Å². The van der Waals surface area contributed by atoms with Crippen LogP contribution in [-0.4, -0.2) is 29.3 Å². The minimum Gasteiger partial charge on any atom is -0.354 e. The molecule has 0 fully saturated rings. The average molecular weight is 401 g/mol. The molecule has 0 spiro atoms. The van der Waals surface area contributed by atoms with Crippen molar-refractivity contribution in [1.82, 2.24) is 10.2 Å². The molecule has 3 aromatic rings. The molecule has 0 aromatic heterocycles. The fourth-order valence-corrected chi connectivity index (χ4v) is 3.36. The molecule has 0 radical (unpaired) electrons. The molecule has 2 amide bonds. The number of amides is 2. The first-order valence-corrected chi connectivity index (χ1v) is 10.3. The van der Waals surface area contributed by atoms with Gasteiger partial charge in [0.15, 0.2) is 0 Å². The predicted octanol–water partition coefficient (Wildman–Crippen LogP) is 4.01. The van der Waals surface area contributed by atoms with Crippen LogP contribution in [-0.2, 0) is 29.0 Å². The summed E-state index contributed by atoms with van der Waals surface area (Å²) in [7, 11) is 0. The normalized spacial score (nSPS) is 11.5. The SMILES string of the molecule is C[C@@H](C(=O)NCCc1ccccc1)N(Cc1ccccc1)C(=O)Cc1ccccc1. The molecule has 1 N–H and O–H groups in total. The lowest BCUT2D eigenvalue weighted by atomic mass is 10.1. The van der Waals surface area contributed by atoms with Gasteiger partial charge in [-0.25, -0.2) is 0 Å². The van der Waals surface area contributed by atoms with Crippen molar-refractivity contribution in [2.75, 3.05) is 6.54 Å². The van der Waals surface area contributed by atoms with Crippen LogP contribution >= 0.6 is 0 Å². The predicted molar refractivity (Wildman–Crippen MR) is 120 cm³/mol. The van der Waals surface area contributed by atoms with E-state index in [1.807, 2.05) is 91.0 Å². The summed E-state index contributed by atoms with van der Waals surface area (Å²) in [4.78, 5) is 27.6. The molecule has 4 nitrogen and oxygen atoms in total. The minimum absolute atomic E-state index is 0.0595. The van der Waals surface area contributed by atoms with E-state index >= 15 is 0 Å². The Balaban J connectivity index is 1.66. The molecule has 0 unspecified atom stereocenters. The van der Waals surface area contributed by atoms with Crippen molar-refractivity contribution in [1.29, 1.82) is 0 Å². The molecule has 0 saturated heterocycles. The highest BCUT2D eigenvalue weighted by Crippen LogP contribution is 2.12. The number of carbonyl (C=O) groups excluding carboxylic acids is 2. The fraction of sp³-hybridized carbons (Fsp3) is 0.231. The lowest BCUT2D eigenvalue weighted by Crippen LogP contribution is -2.48. The minimum atomic E-state index is -0.558. The molecule has 1 atom stereocenters. The van der Waals surface area contributed by atoms with E-state index in [0.29, 0.717) is 13.1 Å². The largest absolute Gasteiger partial charge is 0.354 e. The van der Waals surface area contributed by atoms with E-state index in [4.69, 9.17) is 0 Å². The van der Waals surface area contributed by atoms with Crippen molar-refractivity contribution in [3.8, 4) is 0 Å². The smallest absolute Gasteiger partial charge is 0.242 e. The first-order chi connectivity index (χ1) is 14.6. The first-order valence-electron chi connectivity index (χ1n) is 10.3. The van der Waals surface area contributed by atoms with Gasteiger partial charge in [0.2, 0.25) is 11.8 Å². The first kappa shape index (κ1) is 21.3. The Morgan fingerprint density at radius 3 is 1.83 bits per heavy atom. The Kier molecular flexibility index (Phi) is 7.78. The molecule has 0 aliphatic carbocycles. The average Bonchev–Trinajstić information content (AvgIpc) is 2.79. The number of rotatable bonds is 9. The van der Waals surface area contributed by atoms with Crippen molar-refractivity contribution in [2.24, 2.45) is 0 Å². The number of hydrogen-bond acceptors (Lipinski definition) is 2. The molecule has 4 heteroatoms. The third-order valence-corrected chi connectivity index (χ3v) is 5.12. The maximum atomic E-state index is 13.1. The lowest BCUT2D eigenvalue weighted by Gasteiger charge is -2.29. The van der Waals surface area contributed by atoms with E-state index in [9.17, 15) is 9.59 Å². The topological polar surface area (TPSA) is 49.4 Å². The van der Waals surface area contributed by atoms with Crippen molar-refractivity contribution < 1.29 is 9.59 Å². The van der Waals surface area contributed by atoms with Crippen LogP contribution < -0.4 is 5.32 Å². The van der Waals surface area contributed by atoms with Gasteiger partial charge in [0.05, 0.1) is 6.42 Å². The number of nitrogens with zero attached hydrogens (tertiary/aromatic N) is 1. The van der Waals surface area contributed by atoms with Gasteiger partial charge in [-0.05, 0) is 30.0 Å². The van der Waals surface area contributed by atoms with E-state index in [1.165, 1.54) is 5.56 Å². The summed E-state index contributed by atoms with van der Waals surface area (Å²) >= 11 is 0. The zero-order chi connectivity index (χ0) is 21.2. The Hall–Kier alpha value is -3.40. The highest BCUT2D eigenvalue weighted by Gasteiger charge is 2.26. The standard InChI is InChI=1S/C26H28N2O2/c1-21(26(30)27-18-17-22-11-5-2-6-12-22)28(20-24-15-9-4-10-16-24)25(29)19-23-13-7-3-8-14-23/h2-16,21H,17-20H2,1H3,(H,27,30)/t21-/m0/s1. The van der Waals surface area contributed by atoms with Crippen LogP contribution in [0, 0.1) is 0 Å². The van der Waals surface area contributed by atoms with Gasteiger partial charge in [0.25, 0.3) is 0 Å². The van der Waals surface area contributed by atoms with E-state index in [0.717, 1.165) is 17.5 Å². The molecule has 3 aromatic carbocycles. The van der Waals surface area contributed by atoms with Gasteiger partial charge in [-0.2, -0.15) is 0 Å². The van der Waals surface area contributed by atoms with Gasteiger partial charge in [0.1, 0.15) is 6.04 Å². The molecule has 0 aliphatic rings. The van der Waals surface area contributed by atoms with Crippen molar-refractivity contribution in [3.05, 3.63) is 108 Å². The van der Waals surface area contributed by atoms with Gasteiger partial charge >= 0.3 is 0 Å². The van der Waals surface area contributed by atoms with E-state index in [2.05, 4.69) is 5.32 Å². The second kappa shape index (κ2) is 11.0. The maximum Gasteiger partial charge on any atom is 0.242 e. The van der Waals surface area contributed by atoms with Crippen LogP contribution in [0.1, 0.15) is 23.6 Å². The Bertz CT molecular complexity index is 927. The van der Waals surface area contributed by atoms with Crippen LogP contribution in [0.2, 0.25) is 0 Å². The van der Waals surface area contributed by atoms with E-state index < -0.39 is 6.04 Å². The Labute approximate surface area is 178 Å². The second-order valence-corrected chi connectivity index (χ2v) is 7.37. The summed E-state index contributed by atoms with van der Waals surface area (Å²) in [6.07, 6.45) is 1.03. The van der Waals surface area contributed by atoms with Gasteiger partial charge in [-0.3, -0.25) is 9.59 Å². The molecule has 0 saturated carbocycles. The van der Waals surface area contributed by atoms with Crippen LogP contribution in [0.3, 0.4) is 0 Å². The molecule has 154 valence electrons. The zero-order valence-corrected chi connectivity index (χ0v) is 17.3. The molecular weight excluding hydrogens is 372 g/mol. The molecule has 0 heterocycles. The number of benzene rings is 3. The summed E-state index contributed by atoms with van der Waals surface area (Å²) in [5, 5.41) is 2.98. The van der Waals surface area contributed by atoms with Crippen molar-refractivity contribution in [2.45, 2.75) is 32.4 Å². The summed E-state index contributed by atoms with van der Waals surface area (Å²) in [5.74, 6) is -0.195. The van der Waals surface area contributed by atoms with Crippen LogP contribution in [0.5, 0.6) is 0 Å². The van der Waals surface area contributed by atoms with Crippen LogP contribution in [0.25, 0.3) is 0 Å². The van der Waals surface area contributed by atoms with Gasteiger partial charge in [0, 0.05) is 13.1 Å². The number of carbonyl (C=O) groups is 2. The molecule has 30 heavy (non-hydrogen) atoms. The number of nitrogens with one attached hydrogen (secondary N) is 1. The third-order valence-electron chi connectivity index (χ3n) is 5.12. The van der Waals surface area contributed by atoms with Crippen molar-refractivity contribution in [3.63, 3.8) is 0 Å². The number of hydrogen-bond donors (Lipinski definition) is 1. The van der Waals surface area contributed by atoms with E-state index in [1.54, 1.807) is 11.8 Å². The summed E-state index contributed by atoms with van der Waals surface area (Å²) < 4.78 is 0. The lowest BCUT2D eigenvalue weighted by molar-refractivity contribution is -0.140. The third kappa shape index (κ3) is 6.31. The highest BCUT2D eigenvalue weighted by atomic mass is 16.2. The van der Waals surface area contributed by atoms with Crippen LogP contribution in [0.4, 0.5) is 0 Å². The highest BCUT2D eigenvalue weighted by molar-refractivity contribution is 5.88. The fourth-order valence-electron chi connectivity index (χ4n) is 3.36. The molecular formula is C26H28N2O2. The molecule has 3 rings (SSSR count). The van der Waals surface area contributed by atoms with E-state index in [-0.39, 0.29) is 18.2 Å². The Morgan fingerprint density at radius 2 is 1.27 bits per heavy atom. The zero-order valence-electron chi connectivity index (χ0n) is 17.3. The molecule has 0 bridgehead atoms.